The van der Waals surface area contributed by atoms with Gasteiger partial charge in [0.25, 0.3) is 0 Å². The maximum atomic E-state index is 12.9. The Morgan fingerprint density at radius 3 is 2.48 bits per heavy atom. The molecule has 42 heavy (non-hydrogen) atoms. The van der Waals surface area contributed by atoms with Crippen molar-refractivity contribution in [3.63, 3.8) is 0 Å². The van der Waals surface area contributed by atoms with Crippen molar-refractivity contribution in [2.24, 2.45) is 11.8 Å². The molecule has 9 heteroatoms. The third-order valence-corrected chi connectivity index (χ3v) is 8.09. The lowest BCUT2D eigenvalue weighted by molar-refractivity contribution is -0.180. The second kappa shape index (κ2) is 16.5. The molecule has 1 aliphatic heterocycles. The van der Waals surface area contributed by atoms with Crippen LogP contribution in [0.2, 0.25) is 0 Å². The summed E-state index contributed by atoms with van der Waals surface area (Å²) in [5.74, 6) is 0.429. The Morgan fingerprint density at radius 1 is 1.19 bits per heavy atom. The smallest absolute Gasteiger partial charge is 0.345 e. The third-order valence-electron chi connectivity index (χ3n) is 8.09. The second-order valence-electron chi connectivity index (χ2n) is 12.5. The Balaban J connectivity index is 2.17. The van der Waals surface area contributed by atoms with Crippen LogP contribution in [0.4, 0.5) is 0 Å². The third kappa shape index (κ3) is 9.89. The lowest BCUT2D eigenvalue weighted by Crippen LogP contribution is -2.46. The van der Waals surface area contributed by atoms with E-state index in [1.165, 1.54) is 31.7 Å². The van der Waals surface area contributed by atoms with Crippen molar-refractivity contribution in [1.29, 1.82) is 0 Å². The summed E-state index contributed by atoms with van der Waals surface area (Å²) >= 11 is 0. The predicted molar refractivity (Wildman–Crippen MR) is 162 cm³/mol. The number of hydrogen-bond donors (Lipinski definition) is 6. The molecule has 1 aromatic heterocycles. The van der Waals surface area contributed by atoms with Gasteiger partial charge in [-0.25, -0.2) is 4.79 Å². The standard InChI is InChI=1S/C33H52O9/c1-7-8-9-10-20(2)13-22(4)15-23(18-34)14-21(3)11-12-27(38)33(5,6)28-17-25(36)29(32(40)42-28)31-30(39)26(37)16-24(19-35)41-31/h11-12,14-15,17,20,22,24,26-27,30-31,34-39H,7-10,13,16,18-19H2,1-6H3. The molecule has 0 aliphatic carbocycles. The predicted octanol–water partition coefficient (Wildman–Crippen LogP) is 4.19. The second-order valence-corrected chi connectivity index (χ2v) is 12.5. The molecule has 0 aromatic carbocycles. The molecule has 1 aliphatic rings. The van der Waals surface area contributed by atoms with Gasteiger partial charge in [0, 0.05) is 12.5 Å². The van der Waals surface area contributed by atoms with Crippen molar-refractivity contribution >= 4 is 0 Å². The monoisotopic (exact) mass is 592 g/mol. The maximum Gasteiger partial charge on any atom is 0.345 e. The van der Waals surface area contributed by atoms with Gasteiger partial charge in [0.05, 0.1) is 36.9 Å². The molecule has 0 amide bonds. The largest absolute Gasteiger partial charge is 0.507 e. The fourth-order valence-electron chi connectivity index (χ4n) is 5.43. The van der Waals surface area contributed by atoms with Gasteiger partial charge in [0.2, 0.25) is 0 Å². The summed E-state index contributed by atoms with van der Waals surface area (Å²) in [4.78, 5) is 12.9. The highest BCUT2D eigenvalue weighted by Gasteiger charge is 2.41. The highest BCUT2D eigenvalue weighted by atomic mass is 16.5. The van der Waals surface area contributed by atoms with Gasteiger partial charge in [-0.15, -0.1) is 0 Å². The van der Waals surface area contributed by atoms with Crippen LogP contribution in [0.15, 0.2) is 50.7 Å². The number of unbranched alkanes of at least 4 members (excludes halogenated alkanes) is 2. The molecule has 2 rings (SSSR count). The number of hydrogen-bond acceptors (Lipinski definition) is 9. The van der Waals surface area contributed by atoms with Gasteiger partial charge in [0.1, 0.15) is 29.3 Å². The molecule has 0 bridgehead atoms. The summed E-state index contributed by atoms with van der Waals surface area (Å²) < 4.78 is 11.0. The van der Waals surface area contributed by atoms with Crippen LogP contribution in [0, 0.1) is 11.8 Å². The lowest BCUT2D eigenvalue weighted by atomic mass is 9.82. The fraction of sp³-hybridized carbons (Fsp3) is 0.667. The summed E-state index contributed by atoms with van der Waals surface area (Å²) in [5, 5.41) is 61.6. The Hall–Kier alpha value is -2.27. The van der Waals surface area contributed by atoms with E-state index in [2.05, 4.69) is 26.8 Å². The Labute approximate surface area is 249 Å². The zero-order valence-corrected chi connectivity index (χ0v) is 26.0. The van der Waals surface area contributed by atoms with E-state index in [0.29, 0.717) is 11.8 Å². The molecule has 1 fully saturated rings. The van der Waals surface area contributed by atoms with Crippen molar-refractivity contribution in [2.75, 3.05) is 13.2 Å². The van der Waals surface area contributed by atoms with Crippen LogP contribution in [0.3, 0.4) is 0 Å². The normalized spacial score (nSPS) is 24.6. The van der Waals surface area contributed by atoms with E-state index in [-0.39, 0.29) is 24.4 Å². The molecule has 1 saturated heterocycles. The summed E-state index contributed by atoms with van der Waals surface area (Å²) in [5.41, 5.74) is -0.870. The zero-order valence-electron chi connectivity index (χ0n) is 26.0. The van der Waals surface area contributed by atoms with Crippen molar-refractivity contribution in [3.8, 4) is 5.75 Å². The van der Waals surface area contributed by atoms with Crippen molar-refractivity contribution < 1.29 is 39.8 Å². The van der Waals surface area contributed by atoms with E-state index >= 15 is 0 Å². The number of allylic oxidation sites excluding steroid dienone is 3. The minimum atomic E-state index is -1.50. The summed E-state index contributed by atoms with van der Waals surface area (Å²) in [6, 6.07) is 1.19. The SMILES string of the molecule is CCCCCC(C)CC(C)C=C(C=C(C)C=CC(O)C(C)(C)c1cc(O)c(C2OC(CO)CC(O)C2O)c(=O)o1)CO. The first-order valence-corrected chi connectivity index (χ1v) is 15.1. The van der Waals surface area contributed by atoms with Crippen molar-refractivity contribution in [2.45, 2.75) is 116 Å². The molecular weight excluding hydrogens is 540 g/mol. The molecule has 2 heterocycles. The van der Waals surface area contributed by atoms with Crippen LogP contribution in [0.1, 0.15) is 97.5 Å². The Kier molecular flexibility index (Phi) is 14.1. The fourth-order valence-corrected chi connectivity index (χ4v) is 5.43. The van der Waals surface area contributed by atoms with E-state index in [0.717, 1.165) is 17.6 Å². The molecule has 0 saturated carbocycles. The molecule has 7 unspecified atom stereocenters. The average molecular weight is 593 g/mol. The molecule has 9 nitrogen and oxygen atoms in total. The number of aliphatic hydroxyl groups is 5. The zero-order chi connectivity index (χ0) is 31.6. The molecule has 0 radical (unpaired) electrons. The first kappa shape index (κ1) is 35.9. The topological polar surface area (TPSA) is 161 Å². The first-order valence-electron chi connectivity index (χ1n) is 15.1. The van der Waals surface area contributed by atoms with Gasteiger partial charge >= 0.3 is 5.63 Å². The molecule has 7 atom stereocenters. The highest BCUT2D eigenvalue weighted by Crippen LogP contribution is 2.37. The maximum absolute atomic E-state index is 12.9. The van der Waals surface area contributed by atoms with Crippen LogP contribution in [-0.2, 0) is 10.2 Å². The number of aliphatic hydroxyl groups excluding tert-OH is 5. The van der Waals surface area contributed by atoms with Gasteiger partial charge < -0.3 is 39.8 Å². The van der Waals surface area contributed by atoms with Gasteiger partial charge in [0.15, 0.2) is 0 Å². The molecule has 1 aromatic rings. The van der Waals surface area contributed by atoms with Crippen molar-refractivity contribution in [3.05, 3.63) is 63.3 Å². The van der Waals surface area contributed by atoms with Crippen LogP contribution < -0.4 is 5.63 Å². The van der Waals surface area contributed by atoms with Crippen LogP contribution in [-0.4, -0.2) is 68.3 Å². The van der Waals surface area contributed by atoms with Gasteiger partial charge in [-0.2, -0.15) is 0 Å². The van der Waals surface area contributed by atoms with E-state index in [4.69, 9.17) is 9.15 Å². The average Bonchev–Trinajstić information content (AvgIpc) is 2.92. The van der Waals surface area contributed by atoms with E-state index < -0.39 is 53.9 Å². The molecule has 6 N–H and O–H groups in total. The van der Waals surface area contributed by atoms with E-state index in [1.54, 1.807) is 26.0 Å². The molecule has 238 valence electrons. The van der Waals surface area contributed by atoms with Crippen LogP contribution in [0.25, 0.3) is 0 Å². The number of aromatic hydroxyl groups is 1. The summed E-state index contributed by atoms with van der Waals surface area (Å²) in [6.07, 6.45) is 7.08. The van der Waals surface area contributed by atoms with Crippen LogP contribution in [0.5, 0.6) is 5.75 Å². The van der Waals surface area contributed by atoms with Crippen LogP contribution >= 0.6 is 0 Å². The highest BCUT2D eigenvalue weighted by molar-refractivity contribution is 5.36. The minimum absolute atomic E-state index is 0.00918. The van der Waals surface area contributed by atoms with E-state index in [1.807, 2.05) is 13.0 Å². The molecular formula is C33H52O9. The summed E-state index contributed by atoms with van der Waals surface area (Å²) in [7, 11) is 0. The lowest BCUT2D eigenvalue weighted by Gasteiger charge is -2.36. The summed E-state index contributed by atoms with van der Waals surface area (Å²) in [6.45, 7) is 11.3. The van der Waals surface area contributed by atoms with Gasteiger partial charge in [-0.3, -0.25) is 0 Å². The Morgan fingerprint density at radius 2 is 1.88 bits per heavy atom. The first-order chi connectivity index (χ1) is 19.7. The minimum Gasteiger partial charge on any atom is -0.507 e. The quantitative estimate of drug-likeness (QED) is 0.130. The van der Waals surface area contributed by atoms with Crippen molar-refractivity contribution in [1.82, 2.24) is 0 Å². The number of ether oxygens (including phenoxy) is 1. The van der Waals surface area contributed by atoms with E-state index in [9.17, 15) is 35.4 Å². The van der Waals surface area contributed by atoms with Gasteiger partial charge in [-0.1, -0.05) is 76.3 Å². The van der Waals surface area contributed by atoms with Gasteiger partial charge in [-0.05, 0) is 44.6 Å². The molecule has 0 spiro atoms. The Bertz CT molecular complexity index is 1130. The number of rotatable bonds is 15.